The van der Waals surface area contributed by atoms with Crippen LogP contribution in [0.4, 0.5) is 10.5 Å². The maximum atomic E-state index is 12.4. The van der Waals surface area contributed by atoms with Crippen LogP contribution in [-0.2, 0) is 11.3 Å². The van der Waals surface area contributed by atoms with Gasteiger partial charge in [-0.05, 0) is 12.0 Å². The molecule has 6 nitrogen and oxygen atoms in total. The van der Waals surface area contributed by atoms with Gasteiger partial charge in [-0.3, -0.25) is 4.68 Å². The summed E-state index contributed by atoms with van der Waals surface area (Å²) in [6.45, 7) is 4.58. The second-order valence-corrected chi connectivity index (χ2v) is 5.67. The molecule has 1 aromatic heterocycles. The average molecular weight is 314 g/mol. The van der Waals surface area contributed by atoms with Crippen LogP contribution in [0.2, 0.25) is 0 Å². The molecular weight excluding hydrogens is 292 g/mol. The highest BCUT2D eigenvalue weighted by Gasteiger charge is 2.26. The molecular formula is C17H22N4O2. The van der Waals surface area contributed by atoms with E-state index < -0.39 is 0 Å². The van der Waals surface area contributed by atoms with Gasteiger partial charge in [-0.2, -0.15) is 5.10 Å². The monoisotopic (exact) mass is 314 g/mol. The minimum atomic E-state index is -0.0839. The summed E-state index contributed by atoms with van der Waals surface area (Å²) < 4.78 is 7.26. The first-order valence-electron chi connectivity index (χ1n) is 7.98. The lowest BCUT2D eigenvalue weighted by molar-refractivity contribution is 0.0144. The van der Waals surface area contributed by atoms with Crippen molar-refractivity contribution >= 4 is 11.7 Å². The summed E-state index contributed by atoms with van der Waals surface area (Å²) in [5.74, 6) is 0. The largest absolute Gasteiger partial charge is 0.377 e. The predicted octanol–water partition coefficient (Wildman–Crippen LogP) is 2.57. The van der Waals surface area contributed by atoms with Crippen molar-refractivity contribution in [1.82, 2.24) is 14.7 Å². The van der Waals surface area contributed by atoms with Gasteiger partial charge < -0.3 is 15.0 Å². The number of nitrogens with one attached hydrogen (secondary N) is 1. The molecule has 3 rings (SSSR count). The Kier molecular flexibility index (Phi) is 4.92. The first-order chi connectivity index (χ1) is 11.3. The summed E-state index contributed by atoms with van der Waals surface area (Å²) in [6.07, 6.45) is 4.43. The van der Waals surface area contributed by atoms with Gasteiger partial charge in [0.05, 0.1) is 37.7 Å². The molecule has 6 heteroatoms. The Bertz CT molecular complexity index is 641. The molecule has 1 aliphatic rings. The number of urea groups is 1. The van der Waals surface area contributed by atoms with Crippen molar-refractivity contribution in [1.29, 1.82) is 0 Å². The summed E-state index contributed by atoms with van der Waals surface area (Å²) in [6, 6.07) is 10.2. The second kappa shape index (κ2) is 7.28. The smallest absolute Gasteiger partial charge is 0.322 e. The van der Waals surface area contributed by atoms with Crippen molar-refractivity contribution in [2.75, 3.05) is 25.1 Å². The normalized spacial score (nSPS) is 18.0. The molecule has 2 aromatic rings. The van der Waals surface area contributed by atoms with Crippen LogP contribution < -0.4 is 5.32 Å². The van der Waals surface area contributed by atoms with Crippen molar-refractivity contribution in [3.05, 3.63) is 48.3 Å². The van der Waals surface area contributed by atoms with E-state index in [2.05, 4.69) is 29.5 Å². The Balaban J connectivity index is 1.61. The molecule has 0 spiro atoms. The Morgan fingerprint density at radius 1 is 1.39 bits per heavy atom. The van der Waals surface area contributed by atoms with Crippen molar-refractivity contribution in [2.24, 2.45) is 0 Å². The first-order valence-corrected chi connectivity index (χ1v) is 7.98. The Hall–Kier alpha value is -2.34. The molecule has 1 fully saturated rings. The minimum absolute atomic E-state index is 0.0839. The van der Waals surface area contributed by atoms with E-state index in [-0.39, 0.29) is 12.1 Å². The van der Waals surface area contributed by atoms with Crippen LogP contribution in [-0.4, -0.2) is 46.5 Å². The Morgan fingerprint density at radius 2 is 2.22 bits per heavy atom. The van der Waals surface area contributed by atoms with Crippen LogP contribution >= 0.6 is 0 Å². The van der Waals surface area contributed by atoms with Gasteiger partial charge in [-0.25, -0.2) is 4.79 Å². The third kappa shape index (κ3) is 3.90. The number of carbonyl (C=O) groups is 1. The third-order valence-corrected chi connectivity index (χ3v) is 4.03. The molecule has 0 unspecified atom stereocenters. The highest BCUT2D eigenvalue weighted by Crippen LogP contribution is 2.14. The standard InChI is InChI=1S/C17H22N4O2/c1-2-16-13-23-9-8-21(16)17(22)19-15-10-18-20(12-15)11-14-6-4-3-5-7-14/h3-7,10,12,16H,2,8-9,11,13H2,1H3,(H,19,22)/t16-/m0/s1. The number of rotatable bonds is 4. The molecule has 0 radical (unpaired) electrons. The molecule has 2 amide bonds. The van der Waals surface area contributed by atoms with E-state index in [9.17, 15) is 4.79 Å². The first kappa shape index (κ1) is 15.6. The zero-order valence-corrected chi connectivity index (χ0v) is 13.3. The predicted molar refractivity (Wildman–Crippen MR) is 88.4 cm³/mol. The molecule has 0 bridgehead atoms. The number of anilines is 1. The molecule has 23 heavy (non-hydrogen) atoms. The fraction of sp³-hybridized carbons (Fsp3) is 0.412. The van der Waals surface area contributed by atoms with Crippen LogP contribution in [0.25, 0.3) is 0 Å². The summed E-state index contributed by atoms with van der Waals surface area (Å²) in [5, 5.41) is 7.24. The molecule has 1 N–H and O–H groups in total. The summed E-state index contributed by atoms with van der Waals surface area (Å²) >= 11 is 0. The van der Waals surface area contributed by atoms with E-state index in [1.54, 1.807) is 6.20 Å². The van der Waals surface area contributed by atoms with E-state index in [4.69, 9.17) is 4.74 Å². The zero-order valence-electron chi connectivity index (χ0n) is 13.3. The Morgan fingerprint density at radius 3 is 3.00 bits per heavy atom. The maximum absolute atomic E-state index is 12.4. The van der Waals surface area contributed by atoms with Crippen LogP contribution in [0.1, 0.15) is 18.9 Å². The molecule has 1 saturated heterocycles. The molecule has 2 heterocycles. The lowest BCUT2D eigenvalue weighted by Crippen LogP contribution is -2.50. The van der Waals surface area contributed by atoms with Gasteiger partial charge in [0.1, 0.15) is 0 Å². The lowest BCUT2D eigenvalue weighted by Gasteiger charge is -2.34. The zero-order chi connectivity index (χ0) is 16.1. The van der Waals surface area contributed by atoms with Crippen molar-refractivity contribution in [3.8, 4) is 0 Å². The molecule has 1 atom stereocenters. The molecule has 0 saturated carbocycles. The van der Waals surface area contributed by atoms with Gasteiger partial charge in [-0.15, -0.1) is 0 Å². The van der Waals surface area contributed by atoms with Crippen molar-refractivity contribution in [3.63, 3.8) is 0 Å². The topological polar surface area (TPSA) is 59.4 Å². The average Bonchev–Trinajstić information content (AvgIpc) is 3.02. The van der Waals surface area contributed by atoms with Crippen molar-refractivity contribution in [2.45, 2.75) is 25.9 Å². The van der Waals surface area contributed by atoms with Gasteiger partial charge in [0.15, 0.2) is 0 Å². The number of aromatic nitrogens is 2. The van der Waals surface area contributed by atoms with Gasteiger partial charge in [-0.1, -0.05) is 37.3 Å². The SMILES string of the molecule is CC[C@H]1COCCN1C(=O)Nc1cnn(Cc2ccccc2)c1. The van der Waals surface area contributed by atoms with E-state index >= 15 is 0 Å². The molecule has 122 valence electrons. The third-order valence-electron chi connectivity index (χ3n) is 4.03. The summed E-state index contributed by atoms with van der Waals surface area (Å²) in [7, 11) is 0. The lowest BCUT2D eigenvalue weighted by atomic mass is 10.2. The highest BCUT2D eigenvalue weighted by molar-refractivity contribution is 5.89. The maximum Gasteiger partial charge on any atom is 0.322 e. The number of benzene rings is 1. The van der Waals surface area contributed by atoms with Crippen LogP contribution in [0.3, 0.4) is 0 Å². The molecule has 1 aliphatic heterocycles. The number of amides is 2. The highest BCUT2D eigenvalue weighted by atomic mass is 16.5. The van der Waals surface area contributed by atoms with Crippen LogP contribution in [0.15, 0.2) is 42.7 Å². The van der Waals surface area contributed by atoms with Gasteiger partial charge >= 0.3 is 6.03 Å². The fourth-order valence-corrected chi connectivity index (χ4v) is 2.74. The van der Waals surface area contributed by atoms with Gasteiger partial charge in [0.25, 0.3) is 0 Å². The molecule has 1 aromatic carbocycles. The number of carbonyl (C=O) groups excluding carboxylic acids is 1. The number of morpholine rings is 1. The second-order valence-electron chi connectivity index (χ2n) is 5.67. The van der Waals surface area contributed by atoms with Gasteiger partial charge in [0, 0.05) is 12.7 Å². The minimum Gasteiger partial charge on any atom is -0.377 e. The number of ether oxygens (including phenoxy) is 1. The number of hydrogen-bond acceptors (Lipinski definition) is 3. The fourth-order valence-electron chi connectivity index (χ4n) is 2.74. The summed E-state index contributed by atoms with van der Waals surface area (Å²) in [4.78, 5) is 14.3. The van der Waals surface area contributed by atoms with Crippen LogP contribution in [0, 0.1) is 0 Å². The van der Waals surface area contributed by atoms with E-state index in [0.717, 1.165) is 6.42 Å². The van der Waals surface area contributed by atoms with Crippen LogP contribution in [0.5, 0.6) is 0 Å². The van der Waals surface area contributed by atoms with Crippen molar-refractivity contribution < 1.29 is 9.53 Å². The quantitative estimate of drug-likeness (QED) is 0.943. The van der Waals surface area contributed by atoms with E-state index in [1.165, 1.54) is 5.56 Å². The van der Waals surface area contributed by atoms with E-state index in [0.29, 0.717) is 32.0 Å². The number of hydrogen-bond donors (Lipinski definition) is 1. The summed E-state index contributed by atoms with van der Waals surface area (Å²) in [5.41, 5.74) is 1.89. The molecule has 0 aliphatic carbocycles. The van der Waals surface area contributed by atoms with Gasteiger partial charge in [0.2, 0.25) is 0 Å². The number of nitrogens with zero attached hydrogens (tertiary/aromatic N) is 3. The van der Waals surface area contributed by atoms with E-state index in [1.807, 2.05) is 34.0 Å². The Labute approximate surface area is 136 Å².